The van der Waals surface area contributed by atoms with Crippen molar-refractivity contribution in [3.63, 3.8) is 0 Å². The van der Waals surface area contributed by atoms with Gasteiger partial charge in [0.25, 0.3) is 0 Å². The summed E-state index contributed by atoms with van der Waals surface area (Å²) in [6.07, 6.45) is 5.82. The minimum absolute atomic E-state index is 0.00322. The van der Waals surface area contributed by atoms with E-state index in [2.05, 4.69) is 96.0 Å². The van der Waals surface area contributed by atoms with Gasteiger partial charge in [-0.25, -0.2) is 4.98 Å². The normalized spacial score (nSPS) is 13.0. The monoisotopic (exact) mass is 347 g/mol. The number of rotatable bonds is 1. The summed E-state index contributed by atoms with van der Waals surface area (Å²) in [5.74, 6) is 0. The van der Waals surface area contributed by atoms with Crippen molar-refractivity contribution >= 4 is 11.2 Å². The first-order chi connectivity index (χ1) is 12.1. The van der Waals surface area contributed by atoms with Gasteiger partial charge in [-0.3, -0.25) is 4.40 Å². The summed E-state index contributed by atoms with van der Waals surface area (Å²) in [5, 5.41) is 8.36. The lowest BCUT2D eigenvalue weighted by atomic mass is 9.90. The molecule has 0 aliphatic carbocycles. The average Bonchev–Trinajstić information content (AvgIpc) is 3.17. The van der Waals surface area contributed by atoms with Crippen LogP contribution in [-0.4, -0.2) is 24.0 Å². The van der Waals surface area contributed by atoms with Crippen LogP contribution in [0, 0.1) is 0 Å². The minimum atomic E-state index is -0.00322. The van der Waals surface area contributed by atoms with E-state index in [1.807, 2.05) is 6.33 Å². The van der Waals surface area contributed by atoms with Crippen molar-refractivity contribution in [3.05, 3.63) is 54.5 Å². The number of hydrogen-bond donors (Lipinski definition) is 0. The van der Waals surface area contributed by atoms with E-state index in [1.165, 1.54) is 5.69 Å². The average molecular weight is 347 g/mol. The minimum Gasteiger partial charge on any atom is -0.307 e. The summed E-state index contributed by atoms with van der Waals surface area (Å²) in [7, 11) is 0. The lowest BCUT2D eigenvalue weighted by Gasteiger charge is -2.21. The Bertz CT molecular complexity index is 1100. The van der Waals surface area contributed by atoms with Crippen molar-refractivity contribution < 1.29 is 0 Å². The molecular weight excluding hydrogens is 322 g/mol. The van der Waals surface area contributed by atoms with E-state index in [0.29, 0.717) is 0 Å². The van der Waals surface area contributed by atoms with Gasteiger partial charge >= 0.3 is 0 Å². The summed E-state index contributed by atoms with van der Waals surface area (Å²) < 4.78 is 4.15. The molecule has 0 aliphatic rings. The van der Waals surface area contributed by atoms with Crippen LogP contribution in [0.4, 0.5) is 0 Å². The van der Waals surface area contributed by atoms with Crippen LogP contribution in [0.3, 0.4) is 0 Å². The molecule has 0 N–H and O–H groups in total. The summed E-state index contributed by atoms with van der Waals surface area (Å²) in [6, 6.07) is 8.72. The highest BCUT2D eigenvalue weighted by Crippen LogP contribution is 2.31. The first-order valence-electron chi connectivity index (χ1n) is 8.96. The molecule has 4 aromatic heterocycles. The fourth-order valence-corrected chi connectivity index (χ4v) is 3.25. The molecular formula is C21H25N5. The number of aromatic nitrogens is 5. The SMILES string of the molecule is CC(C)(C)c1cc2cc(-c3cc(C(C)(C)C)n4cnnc4c3)cn2cn1. The van der Waals surface area contributed by atoms with Crippen LogP contribution < -0.4 is 0 Å². The van der Waals surface area contributed by atoms with Crippen LogP contribution in [0.2, 0.25) is 0 Å². The van der Waals surface area contributed by atoms with E-state index in [4.69, 9.17) is 0 Å². The Hall–Kier alpha value is -2.69. The van der Waals surface area contributed by atoms with Gasteiger partial charge in [0.1, 0.15) is 6.33 Å². The zero-order chi connectivity index (χ0) is 18.7. The van der Waals surface area contributed by atoms with Gasteiger partial charge in [0.05, 0.1) is 6.33 Å². The maximum atomic E-state index is 4.62. The molecule has 0 aliphatic heterocycles. The van der Waals surface area contributed by atoms with Gasteiger partial charge < -0.3 is 4.40 Å². The highest BCUT2D eigenvalue weighted by molar-refractivity contribution is 5.73. The Labute approximate surface area is 153 Å². The molecule has 4 aromatic rings. The van der Waals surface area contributed by atoms with Gasteiger partial charge in [0.2, 0.25) is 0 Å². The number of fused-ring (bicyclic) bond motifs is 2. The van der Waals surface area contributed by atoms with Gasteiger partial charge in [0.15, 0.2) is 5.65 Å². The summed E-state index contributed by atoms with van der Waals surface area (Å²) in [4.78, 5) is 4.62. The molecule has 5 heteroatoms. The van der Waals surface area contributed by atoms with Gasteiger partial charge in [0, 0.05) is 39.5 Å². The number of nitrogens with zero attached hydrogens (tertiary/aromatic N) is 5. The maximum absolute atomic E-state index is 4.62. The fourth-order valence-electron chi connectivity index (χ4n) is 3.25. The predicted octanol–water partition coefficient (Wildman–Crippen LogP) is 4.64. The lowest BCUT2D eigenvalue weighted by molar-refractivity contribution is 0.560. The molecule has 4 rings (SSSR count). The van der Waals surface area contributed by atoms with Crippen molar-refractivity contribution in [2.45, 2.75) is 52.4 Å². The van der Waals surface area contributed by atoms with Crippen LogP contribution in [0.1, 0.15) is 52.9 Å². The summed E-state index contributed by atoms with van der Waals surface area (Å²) >= 11 is 0. The third-order valence-electron chi connectivity index (χ3n) is 4.77. The van der Waals surface area contributed by atoms with Crippen molar-refractivity contribution in [1.82, 2.24) is 24.0 Å². The standard InChI is InChI=1S/C21H25N5/c1-20(2,3)17-10-16-7-15(11-25(16)12-22-17)14-8-18(21(4,5)6)26-13-23-24-19(26)9-14/h7-13H,1-6H3. The Morgan fingerprint density at radius 3 is 2.27 bits per heavy atom. The Morgan fingerprint density at radius 1 is 0.808 bits per heavy atom. The second kappa shape index (κ2) is 5.40. The fraction of sp³-hybridized carbons (Fsp3) is 0.381. The molecule has 0 radical (unpaired) electrons. The molecule has 0 atom stereocenters. The van der Waals surface area contributed by atoms with Gasteiger partial charge in [-0.15, -0.1) is 10.2 Å². The molecule has 5 nitrogen and oxygen atoms in total. The van der Waals surface area contributed by atoms with Crippen molar-refractivity contribution in [2.75, 3.05) is 0 Å². The van der Waals surface area contributed by atoms with Gasteiger partial charge in [-0.2, -0.15) is 0 Å². The van der Waals surface area contributed by atoms with Crippen LogP contribution in [0.15, 0.2) is 43.1 Å². The van der Waals surface area contributed by atoms with Crippen LogP contribution in [0.5, 0.6) is 0 Å². The zero-order valence-corrected chi connectivity index (χ0v) is 16.3. The summed E-state index contributed by atoms with van der Waals surface area (Å²) in [5.41, 5.74) is 6.65. The van der Waals surface area contributed by atoms with E-state index in [-0.39, 0.29) is 10.8 Å². The molecule has 0 fully saturated rings. The van der Waals surface area contributed by atoms with E-state index >= 15 is 0 Å². The lowest BCUT2D eigenvalue weighted by Crippen LogP contribution is -2.16. The molecule has 134 valence electrons. The Balaban J connectivity index is 1.90. The zero-order valence-electron chi connectivity index (χ0n) is 16.3. The smallest absolute Gasteiger partial charge is 0.161 e. The predicted molar refractivity (Wildman–Crippen MR) is 105 cm³/mol. The van der Waals surface area contributed by atoms with E-state index < -0.39 is 0 Å². The first-order valence-corrected chi connectivity index (χ1v) is 8.96. The molecule has 0 saturated heterocycles. The summed E-state index contributed by atoms with van der Waals surface area (Å²) in [6.45, 7) is 13.2. The molecule has 0 saturated carbocycles. The van der Waals surface area contributed by atoms with Crippen molar-refractivity contribution in [2.24, 2.45) is 0 Å². The largest absolute Gasteiger partial charge is 0.307 e. The third kappa shape index (κ3) is 2.77. The molecule has 4 heterocycles. The Kier molecular flexibility index (Phi) is 3.48. The van der Waals surface area contributed by atoms with Crippen molar-refractivity contribution in [3.8, 4) is 11.1 Å². The molecule has 0 amide bonds. The van der Waals surface area contributed by atoms with E-state index in [9.17, 15) is 0 Å². The van der Waals surface area contributed by atoms with Crippen LogP contribution in [-0.2, 0) is 10.8 Å². The molecule has 0 bridgehead atoms. The maximum Gasteiger partial charge on any atom is 0.161 e. The number of pyridine rings is 1. The molecule has 0 spiro atoms. The second-order valence-corrected chi connectivity index (χ2v) is 9.02. The molecule has 0 aromatic carbocycles. The highest BCUT2D eigenvalue weighted by atomic mass is 15.2. The highest BCUT2D eigenvalue weighted by Gasteiger charge is 2.20. The van der Waals surface area contributed by atoms with E-state index in [0.717, 1.165) is 28.0 Å². The second-order valence-electron chi connectivity index (χ2n) is 9.02. The topological polar surface area (TPSA) is 47.5 Å². The van der Waals surface area contributed by atoms with Crippen LogP contribution >= 0.6 is 0 Å². The van der Waals surface area contributed by atoms with Crippen LogP contribution in [0.25, 0.3) is 22.3 Å². The Morgan fingerprint density at radius 2 is 1.58 bits per heavy atom. The molecule has 26 heavy (non-hydrogen) atoms. The van der Waals surface area contributed by atoms with E-state index in [1.54, 1.807) is 6.33 Å². The first kappa shape index (κ1) is 16.8. The third-order valence-corrected chi connectivity index (χ3v) is 4.77. The van der Waals surface area contributed by atoms with Gasteiger partial charge in [-0.1, -0.05) is 41.5 Å². The van der Waals surface area contributed by atoms with Gasteiger partial charge in [-0.05, 0) is 29.8 Å². The molecule has 0 unspecified atom stereocenters. The van der Waals surface area contributed by atoms with Crippen molar-refractivity contribution in [1.29, 1.82) is 0 Å². The quantitative estimate of drug-likeness (QED) is 0.504. The number of hydrogen-bond acceptors (Lipinski definition) is 3.